The molecule has 2 aliphatic rings. The van der Waals surface area contributed by atoms with E-state index in [4.69, 9.17) is 25.8 Å². The minimum absolute atomic E-state index is 0.122. The van der Waals surface area contributed by atoms with Crippen LogP contribution in [0.3, 0.4) is 0 Å². The van der Waals surface area contributed by atoms with Crippen LogP contribution in [0.25, 0.3) is 0 Å². The lowest BCUT2D eigenvalue weighted by Gasteiger charge is -2.22. The summed E-state index contributed by atoms with van der Waals surface area (Å²) in [5.74, 6) is 2.21. The second kappa shape index (κ2) is 10.2. The van der Waals surface area contributed by atoms with Crippen molar-refractivity contribution in [3.8, 4) is 17.2 Å². The van der Waals surface area contributed by atoms with Crippen molar-refractivity contribution in [2.24, 2.45) is 0 Å². The van der Waals surface area contributed by atoms with Crippen LogP contribution in [-0.2, 0) is 17.8 Å². The molecule has 2 heterocycles. The number of carbonyl (C=O) groups excluding carboxylic acids is 1. The molecule has 0 atom stereocenters. The van der Waals surface area contributed by atoms with Gasteiger partial charge in [0.1, 0.15) is 5.75 Å². The molecule has 0 aliphatic carbocycles. The molecule has 0 radical (unpaired) electrons. The number of hydrogen-bond donors (Lipinski definition) is 0. The molecule has 0 unspecified atom stereocenters. The lowest BCUT2D eigenvalue weighted by molar-refractivity contribution is -0.130. The maximum atomic E-state index is 13.0. The largest absolute Gasteiger partial charge is 0.497 e. The average Bonchev–Trinajstić information content (AvgIpc) is 3.15. The highest BCUT2D eigenvalue weighted by atomic mass is 35.5. The number of nitrogens with zero attached hydrogens (tertiary/aromatic N) is 2. The van der Waals surface area contributed by atoms with Gasteiger partial charge < -0.3 is 19.1 Å². The molecule has 2 aromatic rings. The van der Waals surface area contributed by atoms with Gasteiger partial charge in [0.2, 0.25) is 5.91 Å². The summed E-state index contributed by atoms with van der Waals surface area (Å²) in [6.45, 7) is 5.40. The average molecular weight is 445 g/mol. The molecular formula is C24H29ClN2O4. The van der Waals surface area contributed by atoms with E-state index in [1.807, 2.05) is 29.2 Å². The molecule has 0 bridgehead atoms. The molecule has 31 heavy (non-hydrogen) atoms. The third-order valence-electron chi connectivity index (χ3n) is 5.72. The van der Waals surface area contributed by atoms with Crippen molar-refractivity contribution in [2.45, 2.75) is 25.8 Å². The first-order chi connectivity index (χ1) is 15.1. The van der Waals surface area contributed by atoms with Crippen molar-refractivity contribution in [2.75, 3.05) is 46.5 Å². The zero-order valence-corrected chi connectivity index (χ0v) is 18.7. The molecule has 166 valence electrons. The second-order valence-electron chi connectivity index (χ2n) is 7.99. The number of benzene rings is 2. The second-order valence-corrected chi connectivity index (χ2v) is 8.40. The normalized spacial score (nSPS) is 17.0. The van der Waals surface area contributed by atoms with Gasteiger partial charge in [0.05, 0.1) is 31.8 Å². The fourth-order valence-electron chi connectivity index (χ4n) is 4.04. The molecule has 0 spiro atoms. The lowest BCUT2D eigenvalue weighted by Crippen LogP contribution is -2.36. The Morgan fingerprint density at radius 3 is 2.61 bits per heavy atom. The first-order valence-corrected chi connectivity index (χ1v) is 11.2. The first-order valence-electron chi connectivity index (χ1n) is 10.8. The molecule has 0 saturated carbocycles. The topological polar surface area (TPSA) is 51.2 Å². The standard InChI is InChI=1S/C24H29ClN2O4/c1-29-20-6-4-18(5-7-20)17-26-8-2-9-27(11-10-26)23(28)16-19-14-21(25)24-22(15-19)30-12-3-13-31-24/h4-7,14-15H,2-3,8-13,16-17H2,1H3. The van der Waals surface area contributed by atoms with E-state index in [-0.39, 0.29) is 5.91 Å². The van der Waals surface area contributed by atoms with E-state index in [9.17, 15) is 4.79 Å². The summed E-state index contributed by atoms with van der Waals surface area (Å²) in [7, 11) is 1.68. The Labute approximate surface area is 188 Å². The summed E-state index contributed by atoms with van der Waals surface area (Å²) in [4.78, 5) is 17.3. The highest BCUT2D eigenvalue weighted by molar-refractivity contribution is 6.32. The van der Waals surface area contributed by atoms with Crippen molar-refractivity contribution >= 4 is 17.5 Å². The van der Waals surface area contributed by atoms with Gasteiger partial charge in [-0.2, -0.15) is 0 Å². The van der Waals surface area contributed by atoms with Gasteiger partial charge in [0.15, 0.2) is 11.5 Å². The smallest absolute Gasteiger partial charge is 0.227 e. The summed E-state index contributed by atoms with van der Waals surface area (Å²) >= 11 is 6.39. The zero-order chi connectivity index (χ0) is 21.6. The SMILES string of the molecule is COc1ccc(CN2CCCN(C(=O)Cc3cc(Cl)c4c(c3)OCCCO4)CC2)cc1. The van der Waals surface area contributed by atoms with E-state index in [1.54, 1.807) is 7.11 Å². The number of carbonyl (C=O) groups is 1. The summed E-state index contributed by atoms with van der Waals surface area (Å²) < 4.78 is 16.7. The maximum absolute atomic E-state index is 13.0. The van der Waals surface area contributed by atoms with Crippen molar-refractivity contribution in [1.29, 1.82) is 0 Å². The van der Waals surface area contributed by atoms with Gasteiger partial charge in [-0.3, -0.25) is 9.69 Å². The molecule has 7 heteroatoms. The third-order valence-corrected chi connectivity index (χ3v) is 6.00. The van der Waals surface area contributed by atoms with Crippen molar-refractivity contribution in [3.63, 3.8) is 0 Å². The summed E-state index contributed by atoms with van der Waals surface area (Å²) in [6.07, 6.45) is 2.10. The van der Waals surface area contributed by atoms with Gasteiger partial charge in [-0.1, -0.05) is 23.7 Å². The monoisotopic (exact) mass is 444 g/mol. The number of amides is 1. The number of hydrogen-bond acceptors (Lipinski definition) is 5. The maximum Gasteiger partial charge on any atom is 0.227 e. The Bertz CT molecular complexity index is 903. The van der Waals surface area contributed by atoms with Gasteiger partial charge in [0, 0.05) is 39.1 Å². The fraction of sp³-hybridized carbons (Fsp3) is 0.458. The Morgan fingerprint density at radius 1 is 1.00 bits per heavy atom. The molecule has 6 nitrogen and oxygen atoms in total. The molecule has 0 N–H and O–H groups in total. The lowest BCUT2D eigenvalue weighted by atomic mass is 10.1. The van der Waals surface area contributed by atoms with Gasteiger partial charge in [-0.15, -0.1) is 0 Å². The van der Waals surface area contributed by atoms with Gasteiger partial charge in [-0.05, 0) is 41.8 Å². The fourth-order valence-corrected chi connectivity index (χ4v) is 4.33. The summed E-state index contributed by atoms with van der Waals surface area (Å²) in [5.41, 5.74) is 2.11. The predicted molar refractivity (Wildman–Crippen MR) is 120 cm³/mol. The summed E-state index contributed by atoms with van der Waals surface area (Å²) in [5, 5.41) is 0.503. The van der Waals surface area contributed by atoms with E-state index in [1.165, 1.54) is 5.56 Å². The quantitative estimate of drug-likeness (QED) is 0.702. The number of rotatable bonds is 5. The molecule has 1 fully saturated rings. The van der Waals surface area contributed by atoms with Crippen molar-refractivity contribution < 1.29 is 19.0 Å². The van der Waals surface area contributed by atoms with Crippen LogP contribution < -0.4 is 14.2 Å². The molecule has 4 rings (SSSR count). The highest BCUT2D eigenvalue weighted by Crippen LogP contribution is 2.38. The van der Waals surface area contributed by atoms with Crippen molar-refractivity contribution in [3.05, 3.63) is 52.5 Å². The molecule has 1 amide bonds. The number of methoxy groups -OCH3 is 1. The van der Waals surface area contributed by atoms with Gasteiger partial charge in [0.25, 0.3) is 0 Å². The molecule has 1 saturated heterocycles. The number of halogens is 1. The number of fused-ring (bicyclic) bond motifs is 1. The van der Waals surface area contributed by atoms with Crippen molar-refractivity contribution in [1.82, 2.24) is 9.80 Å². The zero-order valence-electron chi connectivity index (χ0n) is 17.9. The number of ether oxygens (including phenoxy) is 3. The van der Waals surface area contributed by atoms with Crippen LogP contribution in [0.2, 0.25) is 5.02 Å². The van der Waals surface area contributed by atoms with Crippen LogP contribution in [0, 0.1) is 0 Å². The van der Waals surface area contributed by atoms with E-state index < -0.39 is 0 Å². The molecule has 2 aliphatic heterocycles. The van der Waals surface area contributed by atoms with Gasteiger partial charge >= 0.3 is 0 Å². The van der Waals surface area contributed by atoms with E-state index in [2.05, 4.69) is 17.0 Å². The highest BCUT2D eigenvalue weighted by Gasteiger charge is 2.21. The Morgan fingerprint density at radius 2 is 1.81 bits per heavy atom. The van der Waals surface area contributed by atoms with Crippen LogP contribution in [0.15, 0.2) is 36.4 Å². The van der Waals surface area contributed by atoms with E-state index >= 15 is 0 Å². The van der Waals surface area contributed by atoms with Gasteiger partial charge in [-0.25, -0.2) is 0 Å². The van der Waals surface area contributed by atoms with E-state index in [0.717, 1.165) is 56.9 Å². The van der Waals surface area contributed by atoms with Crippen LogP contribution in [0.5, 0.6) is 17.2 Å². The minimum Gasteiger partial charge on any atom is -0.497 e. The van der Waals surface area contributed by atoms with Crippen LogP contribution >= 0.6 is 11.6 Å². The first kappa shape index (κ1) is 21.8. The van der Waals surface area contributed by atoms with E-state index in [0.29, 0.717) is 36.2 Å². The third kappa shape index (κ3) is 5.63. The predicted octanol–water partition coefficient (Wildman–Crippen LogP) is 3.79. The molecule has 0 aromatic heterocycles. The van der Waals surface area contributed by atoms with Crippen LogP contribution in [0.1, 0.15) is 24.0 Å². The molecule has 2 aromatic carbocycles. The van der Waals surface area contributed by atoms with Crippen LogP contribution in [0.4, 0.5) is 0 Å². The Kier molecular flexibility index (Phi) is 7.20. The molecular weight excluding hydrogens is 416 g/mol. The Hall–Kier alpha value is -2.44. The van der Waals surface area contributed by atoms with Crippen LogP contribution in [-0.4, -0.2) is 62.2 Å². The summed E-state index contributed by atoms with van der Waals surface area (Å²) in [6, 6.07) is 11.9. The Balaban J connectivity index is 1.34. The minimum atomic E-state index is 0.122.